The van der Waals surface area contributed by atoms with Crippen molar-refractivity contribution in [1.29, 1.82) is 0 Å². The molecule has 0 amide bonds. The van der Waals surface area contributed by atoms with Gasteiger partial charge in [0, 0.05) is 6.42 Å². The molecule has 2 aromatic rings. The van der Waals surface area contributed by atoms with Gasteiger partial charge in [-0.2, -0.15) is 0 Å². The highest BCUT2D eigenvalue weighted by atomic mass is 16.4. The first-order valence-electron chi connectivity index (χ1n) is 12.0. The van der Waals surface area contributed by atoms with Crippen molar-refractivity contribution in [2.75, 3.05) is 0 Å². The van der Waals surface area contributed by atoms with Crippen LogP contribution in [0.25, 0.3) is 0 Å². The Labute approximate surface area is 182 Å². The predicted octanol–water partition coefficient (Wildman–Crippen LogP) is 6.40. The standard InChI is InChI=1S/C26H40N2O2/c1-3-5-6-7-8-9-10-11-12-13-14-25-27(19-4-2)20-21-28(25)22-23-15-17-24(18-16-23)26(29)30/h15-18,20-21H,3-14,19,22H2,1-2H3/p+1. The van der Waals surface area contributed by atoms with Gasteiger partial charge in [0.25, 0.3) is 5.82 Å². The molecule has 0 bridgehead atoms. The summed E-state index contributed by atoms with van der Waals surface area (Å²) in [4.78, 5) is 11.1. The molecule has 1 aromatic carbocycles. The van der Waals surface area contributed by atoms with Crippen molar-refractivity contribution >= 4 is 5.97 Å². The number of benzene rings is 1. The molecule has 4 nitrogen and oxygen atoms in total. The van der Waals surface area contributed by atoms with E-state index in [1.165, 1.54) is 70.0 Å². The normalized spacial score (nSPS) is 11.1. The van der Waals surface area contributed by atoms with Crippen LogP contribution in [0, 0.1) is 0 Å². The van der Waals surface area contributed by atoms with E-state index in [1.54, 1.807) is 12.1 Å². The number of carboxylic acid groups (broad SMARTS) is 1. The lowest BCUT2D eigenvalue weighted by atomic mass is 10.1. The lowest BCUT2D eigenvalue weighted by Crippen LogP contribution is -2.38. The Kier molecular flexibility index (Phi) is 11.3. The molecule has 166 valence electrons. The zero-order chi connectivity index (χ0) is 21.6. The Bertz CT molecular complexity index is 734. The second-order valence-electron chi connectivity index (χ2n) is 8.47. The first-order chi connectivity index (χ1) is 14.7. The van der Waals surface area contributed by atoms with Gasteiger partial charge in [0.05, 0.1) is 12.1 Å². The molecular weight excluding hydrogens is 372 g/mol. The van der Waals surface area contributed by atoms with Gasteiger partial charge in [0.15, 0.2) is 0 Å². The molecule has 0 aliphatic carbocycles. The van der Waals surface area contributed by atoms with Crippen LogP contribution in [0.4, 0.5) is 0 Å². The highest BCUT2D eigenvalue weighted by Gasteiger charge is 2.16. The zero-order valence-electron chi connectivity index (χ0n) is 19.1. The van der Waals surface area contributed by atoms with E-state index in [2.05, 4.69) is 35.4 Å². The number of aromatic nitrogens is 2. The number of aromatic carboxylic acids is 1. The molecule has 0 spiro atoms. The van der Waals surface area contributed by atoms with Crippen molar-refractivity contribution in [2.24, 2.45) is 0 Å². The summed E-state index contributed by atoms with van der Waals surface area (Å²) in [5, 5.41) is 9.09. The van der Waals surface area contributed by atoms with Gasteiger partial charge < -0.3 is 5.11 Å². The Morgan fingerprint density at radius 1 is 0.867 bits per heavy atom. The van der Waals surface area contributed by atoms with E-state index in [-0.39, 0.29) is 0 Å². The van der Waals surface area contributed by atoms with Gasteiger partial charge in [-0.1, -0.05) is 83.8 Å². The molecular formula is C26H41N2O2+. The number of carbonyl (C=O) groups is 1. The molecule has 0 unspecified atom stereocenters. The SMILES string of the molecule is CCCCCCCCCCCCc1n(CCC)cc[n+]1Cc1ccc(C(=O)O)cc1. The molecule has 0 atom stereocenters. The fourth-order valence-corrected chi connectivity index (χ4v) is 4.09. The van der Waals surface area contributed by atoms with E-state index in [9.17, 15) is 4.79 Å². The van der Waals surface area contributed by atoms with Crippen molar-refractivity contribution in [3.63, 3.8) is 0 Å². The molecule has 4 heteroatoms. The molecule has 1 N–H and O–H groups in total. The van der Waals surface area contributed by atoms with Gasteiger partial charge in [-0.3, -0.25) is 0 Å². The van der Waals surface area contributed by atoms with Crippen LogP contribution in [-0.4, -0.2) is 15.6 Å². The molecule has 0 fully saturated rings. The number of hydrogen-bond acceptors (Lipinski definition) is 1. The van der Waals surface area contributed by atoms with Gasteiger partial charge in [0.2, 0.25) is 0 Å². The van der Waals surface area contributed by atoms with Crippen LogP contribution in [0.15, 0.2) is 36.7 Å². The van der Waals surface area contributed by atoms with Gasteiger partial charge >= 0.3 is 5.97 Å². The molecule has 0 aliphatic heterocycles. The number of hydrogen-bond donors (Lipinski definition) is 1. The summed E-state index contributed by atoms with van der Waals surface area (Å²) < 4.78 is 4.72. The molecule has 30 heavy (non-hydrogen) atoms. The lowest BCUT2D eigenvalue weighted by Gasteiger charge is -2.06. The second kappa shape index (κ2) is 14.0. The van der Waals surface area contributed by atoms with Crippen molar-refractivity contribution in [1.82, 2.24) is 4.57 Å². The largest absolute Gasteiger partial charge is 0.478 e. The molecule has 0 saturated carbocycles. The highest BCUT2D eigenvalue weighted by Crippen LogP contribution is 2.13. The summed E-state index contributed by atoms with van der Waals surface area (Å²) in [5.41, 5.74) is 1.49. The first-order valence-corrected chi connectivity index (χ1v) is 12.0. The fraction of sp³-hybridized carbons (Fsp3) is 0.615. The third-order valence-corrected chi connectivity index (χ3v) is 5.86. The monoisotopic (exact) mass is 413 g/mol. The number of imidazole rings is 1. The van der Waals surface area contributed by atoms with E-state index in [4.69, 9.17) is 5.11 Å². The van der Waals surface area contributed by atoms with Crippen LogP contribution >= 0.6 is 0 Å². The van der Waals surface area contributed by atoms with Gasteiger partial charge in [-0.25, -0.2) is 13.9 Å². The Morgan fingerprint density at radius 3 is 2.03 bits per heavy atom. The minimum atomic E-state index is -0.870. The van der Waals surface area contributed by atoms with Crippen LogP contribution in [0.2, 0.25) is 0 Å². The Hall–Kier alpha value is -2.10. The van der Waals surface area contributed by atoms with Crippen molar-refractivity contribution in [3.8, 4) is 0 Å². The predicted molar refractivity (Wildman–Crippen MR) is 123 cm³/mol. The average Bonchev–Trinajstić information content (AvgIpc) is 3.11. The maximum absolute atomic E-state index is 11.1. The molecule has 0 saturated heterocycles. The summed E-state index contributed by atoms with van der Waals surface area (Å²) in [6.45, 7) is 6.34. The van der Waals surface area contributed by atoms with E-state index in [0.29, 0.717) is 5.56 Å². The minimum absolute atomic E-state index is 0.345. The van der Waals surface area contributed by atoms with Gasteiger partial charge in [-0.05, 0) is 30.5 Å². The maximum atomic E-state index is 11.1. The van der Waals surface area contributed by atoms with Crippen LogP contribution < -0.4 is 4.57 Å². The van der Waals surface area contributed by atoms with Gasteiger partial charge in [0.1, 0.15) is 18.9 Å². The highest BCUT2D eigenvalue weighted by molar-refractivity contribution is 5.87. The number of aryl methyl sites for hydroxylation is 1. The van der Waals surface area contributed by atoms with E-state index >= 15 is 0 Å². The topological polar surface area (TPSA) is 46.1 Å². The molecule has 0 radical (unpaired) electrons. The smallest absolute Gasteiger partial charge is 0.335 e. The van der Waals surface area contributed by atoms with Crippen molar-refractivity contribution in [2.45, 2.75) is 104 Å². The molecule has 0 aliphatic rings. The Morgan fingerprint density at radius 2 is 1.47 bits per heavy atom. The number of nitrogens with zero attached hydrogens (tertiary/aromatic N) is 2. The summed E-state index contributed by atoms with van der Waals surface area (Å²) in [6, 6.07) is 7.25. The van der Waals surface area contributed by atoms with Crippen LogP contribution in [0.3, 0.4) is 0 Å². The summed E-state index contributed by atoms with van der Waals surface area (Å²) in [7, 11) is 0. The summed E-state index contributed by atoms with van der Waals surface area (Å²) in [5.74, 6) is 0.517. The number of rotatable bonds is 16. The zero-order valence-corrected chi connectivity index (χ0v) is 19.1. The third-order valence-electron chi connectivity index (χ3n) is 5.86. The second-order valence-corrected chi connectivity index (χ2v) is 8.47. The van der Waals surface area contributed by atoms with Crippen LogP contribution in [0.1, 0.15) is 106 Å². The molecule has 1 heterocycles. The van der Waals surface area contributed by atoms with Crippen LogP contribution in [0.5, 0.6) is 0 Å². The minimum Gasteiger partial charge on any atom is -0.478 e. The van der Waals surface area contributed by atoms with E-state index in [1.807, 2.05) is 12.1 Å². The fourth-order valence-electron chi connectivity index (χ4n) is 4.09. The summed E-state index contributed by atoms with van der Waals surface area (Å²) >= 11 is 0. The maximum Gasteiger partial charge on any atom is 0.335 e. The lowest BCUT2D eigenvalue weighted by molar-refractivity contribution is -0.695. The van der Waals surface area contributed by atoms with E-state index < -0.39 is 5.97 Å². The first kappa shape index (κ1) is 24.2. The summed E-state index contributed by atoms with van der Waals surface area (Å²) in [6.07, 6.45) is 20.2. The van der Waals surface area contributed by atoms with Crippen LogP contribution in [-0.2, 0) is 19.5 Å². The average molecular weight is 414 g/mol. The Balaban J connectivity index is 1.81. The molecule has 1 aromatic heterocycles. The van der Waals surface area contributed by atoms with Crippen molar-refractivity contribution in [3.05, 3.63) is 53.6 Å². The molecule has 2 rings (SSSR count). The quantitative estimate of drug-likeness (QED) is 0.256. The van der Waals surface area contributed by atoms with Gasteiger partial charge in [-0.15, -0.1) is 0 Å². The van der Waals surface area contributed by atoms with Crippen molar-refractivity contribution < 1.29 is 14.5 Å². The number of unbranched alkanes of at least 4 members (excludes halogenated alkanes) is 9. The number of carboxylic acids is 1. The third kappa shape index (κ3) is 8.33. The van der Waals surface area contributed by atoms with E-state index in [0.717, 1.165) is 31.5 Å².